The number of nitrogens with two attached hydrogens (primary N) is 1. The number of hydroxylamine groups is 2. The van der Waals surface area contributed by atoms with Crippen LogP contribution >= 0.6 is 0 Å². The predicted molar refractivity (Wildman–Crippen MR) is 158 cm³/mol. The molecular formula is C30H31N7O5. The predicted octanol–water partition coefficient (Wildman–Crippen LogP) is 3.37. The maximum absolute atomic E-state index is 14.1. The number of hydrogen-bond acceptors (Lipinski definition) is 6. The molecule has 0 saturated carbocycles. The van der Waals surface area contributed by atoms with E-state index in [1.807, 2.05) is 66.1 Å². The molecule has 5 rings (SSSR count). The molecule has 1 aliphatic heterocycles. The van der Waals surface area contributed by atoms with E-state index in [-0.39, 0.29) is 6.54 Å². The van der Waals surface area contributed by atoms with E-state index < -0.39 is 42.1 Å². The Morgan fingerprint density at radius 2 is 1.48 bits per heavy atom. The largest absolute Gasteiger partial charge is 0.347 e. The molecule has 12 heteroatoms. The zero-order valence-electron chi connectivity index (χ0n) is 23.1. The van der Waals surface area contributed by atoms with Crippen LogP contribution in [-0.2, 0) is 9.59 Å². The average molecular weight is 570 g/mol. The van der Waals surface area contributed by atoms with Crippen molar-refractivity contribution in [3.63, 3.8) is 0 Å². The summed E-state index contributed by atoms with van der Waals surface area (Å²) in [6, 6.07) is 24.2. The third kappa shape index (κ3) is 5.16. The Morgan fingerprint density at radius 3 is 2.17 bits per heavy atom. The number of rotatable bonds is 7. The molecule has 0 aromatic heterocycles. The molecule has 4 aromatic rings. The second kappa shape index (κ2) is 11.4. The first-order chi connectivity index (χ1) is 20.1. The van der Waals surface area contributed by atoms with Crippen molar-refractivity contribution in [1.29, 1.82) is 0 Å². The standard InChI is InChI=1S/C30H31N7O5/c1-30(2)27(37(42)28(40)33-23-15-7-11-19-9-3-5-13-21(19)23)36(24-16-8-12-20-10-4-6-14-22(20)24)29(41)35(30)18-26(39)32-17-25(38)34-31/h3-16,27,42H,17-18,31H2,1-2H3,(H,32,39)(H,33,40)(H,34,38). The first kappa shape index (κ1) is 28.3. The molecule has 1 fully saturated rings. The van der Waals surface area contributed by atoms with Crippen LogP contribution in [0.25, 0.3) is 21.5 Å². The van der Waals surface area contributed by atoms with Gasteiger partial charge in [0.15, 0.2) is 6.17 Å². The molecule has 6 amide bonds. The zero-order valence-corrected chi connectivity index (χ0v) is 23.1. The van der Waals surface area contributed by atoms with Gasteiger partial charge in [0.2, 0.25) is 5.91 Å². The normalized spacial score (nSPS) is 16.0. The van der Waals surface area contributed by atoms with Gasteiger partial charge in [0.05, 0.1) is 23.5 Å². The Morgan fingerprint density at radius 1 is 0.881 bits per heavy atom. The van der Waals surface area contributed by atoms with Crippen LogP contribution in [0.3, 0.4) is 0 Å². The van der Waals surface area contributed by atoms with Crippen molar-refractivity contribution < 1.29 is 24.4 Å². The van der Waals surface area contributed by atoms with Crippen LogP contribution in [0, 0.1) is 0 Å². The highest BCUT2D eigenvalue weighted by atomic mass is 16.5. The fraction of sp³-hybridized carbons (Fsp3) is 0.200. The molecule has 4 aromatic carbocycles. The average Bonchev–Trinajstić information content (AvgIpc) is 3.19. The van der Waals surface area contributed by atoms with Gasteiger partial charge in [-0.05, 0) is 36.8 Å². The van der Waals surface area contributed by atoms with E-state index in [4.69, 9.17) is 5.84 Å². The molecule has 216 valence electrons. The number of urea groups is 2. The van der Waals surface area contributed by atoms with Crippen molar-refractivity contribution in [2.24, 2.45) is 5.84 Å². The van der Waals surface area contributed by atoms with Gasteiger partial charge >= 0.3 is 12.1 Å². The highest BCUT2D eigenvalue weighted by Crippen LogP contribution is 2.40. The number of amides is 6. The molecule has 0 radical (unpaired) electrons. The van der Waals surface area contributed by atoms with Gasteiger partial charge in [-0.1, -0.05) is 72.8 Å². The van der Waals surface area contributed by atoms with Crippen molar-refractivity contribution in [2.75, 3.05) is 23.3 Å². The molecule has 1 unspecified atom stereocenters. The third-order valence-corrected chi connectivity index (χ3v) is 7.42. The molecule has 0 aliphatic carbocycles. The first-order valence-corrected chi connectivity index (χ1v) is 13.2. The highest BCUT2D eigenvalue weighted by Gasteiger charge is 2.56. The number of hydrogen-bond donors (Lipinski definition) is 5. The monoisotopic (exact) mass is 569 g/mol. The van der Waals surface area contributed by atoms with Gasteiger partial charge in [-0.3, -0.25) is 25.1 Å². The molecule has 1 heterocycles. The van der Waals surface area contributed by atoms with Crippen molar-refractivity contribution >= 4 is 56.8 Å². The minimum Gasteiger partial charge on any atom is -0.345 e. The quantitative estimate of drug-likeness (QED) is 0.0993. The van der Waals surface area contributed by atoms with Crippen LogP contribution in [0.2, 0.25) is 0 Å². The lowest BCUT2D eigenvalue weighted by molar-refractivity contribution is -0.128. The summed E-state index contributed by atoms with van der Waals surface area (Å²) in [7, 11) is 0. The van der Waals surface area contributed by atoms with Gasteiger partial charge in [-0.25, -0.2) is 15.4 Å². The fourth-order valence-electron chi connectivity index (χ4n) is 5.32. The summed E-state index contributed by atoms with van der Waals surface area (Å²) in [5.74, 6) is 3.85. The molecule has 1 saturated heterocycles. The Labute approximate surface area is 241 Å². The summed E-state index contributed by atoms with van der Waals surface area (Å²) < 4.78 is 0. The lowest BCUT2D eigenvalue weighted by Gasteiger charge is -2.38. The van der Waals surface area contributed by atoms with Crippen molar-refractivity contribution in [2.45, 2.75) is 25.6 Å². The summed E-state index contributed by atoms with van der Waals surface area (Å²) in [5, 5.41) is 20.4. The van der Waals surface area contributed by atoms with Crippen LogP contribution in [0.15, 0.2) is 84.9 Å². The topological polar surface area (TPSA) is 160 Å². The molecular weight excluding hydrogens is 538 g/mol. The number of nitrogens with zero attached hydrogens (tertiary/aromatic N) is 3. The van der Waals surface area contributed by atoms with E-state index in [2.05, 4.69) is 10.6 Å². The lowest BCUT2D eigenvalue weighted by Crippen LogP contribution is -2.58. The third-order valence-electron chi connectivity index (χ3n) is 7.42. The second-order valence-electron chi connectivity index (χ2n) is 10.4. The van der Waals surface area contributed by atoms with Crippen LogP contribution in [0.5, 0.6) is 0 Å². The van der Waals surface area contributed by atoms with Crippen LogP contribution in [0.4, 0.5) is 21.0 Å². The number of anilines is 2. The van der Waals surface area contributed by atoms with E-state index in [9.17, 15) is 24.4 Å². The van der Waals surface area contributed by atoms with Crippen molar-refractivity contribution in [3.05, 3.63) is 84.9 Å². The number of nitrogens with one attached hydrogen (secondary N) is 3. The summed E-state index contributed by atoms with van der Waals surface area (Å²) in [6.45, 7) is 2.47. The Hall–Kier alpha value is -5.20. The second-order valence-corrected chi connectivity index (χ2v) is 10.4. The molecule has 1 aliphatic rings. The maximum Gasteiger partial charge on any atom is 0.347 e. The van der Waals surface area contributed by atoms with E-state index in [1.54, 1.807) is 38.1 Å². The van der Waals surface area contributed by atoms with E-state index >= 15 is 0 Å². The smallest absolute Gasteiger partial charge is 0.345 e. The number of fused-ring (bicyclic) bond motifs is 2. The van der Waals surface area contributed by atoms with Crippen molar-refractivity contribution in [3.8, 4) is 0 Å². The maximum atomic E-state index is 14.1. The number of carbonyl (C=O) groups is 4. The number of hydrazine groups is 1. The van der Waals surface area contributed by atoms with Gasteiger partial charge in [-0.15, -0.1) is 0 Å². The number of carbonyl (C=O) groups excluding carboxylic acids is 4. The summed E-state index contributed by atoms with van der Waals surface area (Å²) in [5.41, 5.74) is 1.56. The molecule has 6 N–H and O–H groups in total. The Bertz CT molecular complexity index is 1680. The summed E-state index contributed by atoms with van der Waals surface area (Å²) in [6.07, 6.45) is -1.26. The molecule has 1 atom stereocenters. The fourth-order valence-corrected chi connectivity index (χ4v) is 5.32. The summed E-state index contributed by atoms with van der Waals surface area (Å²) >= 11 is 0. The van der Waals surface area contributed by atoms with Crippen LogP contribution in [0.1, 0.15) is 13.8 Å². The highest BCUT2D eigenvalue weighted by molar-refractivity contribution is 6.07. The van der Waals surface area contributed by atoms with Gasteiger partial charge in [0.25, 0.3) is 5.91 Å². The van der Waals surface area contributed by atoms with E-state index in [0.717, 1.165) is 16.2 Å². The van der Waals surface area contributed by atoms with Crippen LogP contribution < -0.4 is 26.8 Å². The Kier molecular flexibility index (Phi) is 7.66. The zero-order chi connectivity index (χ0) is 30.0. The molecule has 12 nitrogen and oxygen atoms in total. The van der Waals surface area contributed by atoms with Gasteiger partial charge < -0.3 is 15.5 Å². The molecule has 0 spiro atoms. The van der Waals surface area contributed by atoms with E-state index in [0.29, 0.717) is 21.8 Å². The van der Waals surface area contributed by atoms with Gasteiger partial charge in [-0.2, -0.15) is 5.06 Å². The van der Waals surface area contributed by atoms with E-state index in [1.165, 1.54) is 9.80 Å². The summed E-state index contributed by atoms with van der Waals surface area (Å²) in [4.78, 5) is 54.5. The lowest BCUT2D eigenvalue weighted by atomic mass is 9.99. The van der Waals surface area contributed by atoms with Crippen molar-refractivity contribution in [1.82, 2.24) is 20.7 Å². The molecule has 42 heavy (non-hydrogen) atoms. The van der Waals surface area contributed by atoms with Crippen LogP contribution in [-0.4, -0.2) is 63.8 Å². The minimum absolute atomic E-state index is 0.381. The SMILES string of the molecule is CC1(C)C(N(O)C(=O)Nc2cccc3ccccc23)N(c2cccc3ccccc23)C(=O)N1CC(=O)NCC(=O)NN. The molecule has 0 bridgehead atoms. The van der Waals surface area contributed by atoms with Gasteiger partial charge in [0, 0.05) is 10.8 Å². The minimum atomic E-state index is -1.29. The number of benzene rings is 4. The van der Waals surface area contributed by atoms with Gasteiger partial charge in [0.1, 0.15) is 6.54 Å². The first-order valence-electron chi connectivity index (χ1n) is 13.2. The Balaban J connectivity index is 1.53.